The zero-order valence-electron chi connectivity index (χ0n) is 19.7. The first kappa shape index (κ1) is 24.2. The fraction of sp³-hybridized carbons (Fsp3) is 0.478. The van der Waals surface area contributed by atoms with Gasteiger partial charge < -0.3 is 20.9 Å². The van der Waals surface area contributed by atoms with E-state index in [-0.39, 0.29) is 58.8 Å². The van der Waals surface area contributed by atoms with E-state index < -0.39 is 21.6 Å². The summed E-state index contributed by atoms with van der Waals surface area (Å²) in [5.74, 6) is -0.733. The van der Waals surface area contributed by atoms with Gasteiger partial charge in [0.15, 0.2) is 11.6 Å². The Bertz CT molecular complexity index is 1310. The van der Waals surface area contributed by atoms with Gasteiger partial charge in [-0.3, -0.25) is 14.3 Å². The molecule has 2 amide bonds. The Morgan fingerprint density at radius 2 is 2.03 bits per heavy atom. The second-order valence-corrected chi connectivity index (χ2v) is 11.7. The molecule has 0 radical (unpaired) electrons. The van der Waals surface area contributed by atoms with Crippen LogP contribution in [-0.4, -0.2) is 70.5 Å². The number of piperidine rings is 1. The third-order valence-corrected chi connectivity index (χ3v) is 8.61. The van der Waals surface area contributed by atoms with Gasteiger partial charge in [0.05, 0.1) is 35.0 Å². The molecule has 192 valence electrons. The monoisotopic (exact) mass is 517 g/mol. The molecular weight excluding hydrogens is 489 g/mol. The third-order valence-electron chi connectivity index (χ3n) is 6.90. The number of rotatable bonds is 6. The van der Waals surface area contributed by atoms with E-state index in [9.17, 15) is 18.0 Å². The van der Waals surface area contributed by atoms with E-state index in [0.717, 1.165) is 12.8 Å². The van der Waals surface area contributed by atoms with Gasteiger partial charge >= 0.3 is 0 Å². The van der Waals surface area contributed by atoms with Gasteiger partial charge in [-0.2, -0.15) is 5.10 Å². The molecule has 2 fully saturated rings. The van der Waals surface area contributed by atoms with Crippen molar-refractivity contribution in [1.29, 1.82) is 0 Å². The highest BCUT2D eigenvalue weighted by molar-refractivity contribution is 7.91. The number of fused-ring (bicyclic) bond motifs is 1. The average molecular weight is 518 g/mol. The fourth-order valence-electron chi connectivity index (χ4n) is 4.96. The highest BCUT2D eigenvalue weighted by Gasteiger charge is 2.32. The molecule has 13 heteroatoms. The molecule has 3 aliphatic heterocycles. The number of nitrogens with zero attached hydrogens (tertiary/aromatic N) is 4. The van der Waals surface area contributed by atoms with Gasteiger partial charge in [0, 0.05) is 37.4 Å². The maximum absolute atomic E-state index is 15.3. The molecule has 1 unspecified atom stereocenters. The molecule has 0 spiro atoms. The summed E-state index contributed by atoms with van der Waals surface area (Å²) in [4.78, 5) is 30.6. The quantitative estimate of drug-likeness (QED) is 0.493. The van der Waals surface area contributed by atoms with Crippen molar-refractivity contribution in [2.45, 2.75) is 44.3 Å². The Balaban J connectivity index is 1.38. The molecule has 1 atom stereocenters. The molecule has 5 rings (SSSR count). The lowest BCUT2D eigenvalue weighted by Gasteiger charge is -2.33. The van der Waals surface area contributed by atoms with Gasteiger partial charge in [0.1, 0.15) is 15.7 Å². The number of aromatic nitrogens is 3. The summed E-state index contributed by atoms with van der Waals surface area (Å²) in [6, 6.07) is -0.241. The Morgan fingerprint density at radius 3 is 2.78 bits per heavy atom. The Morgan fingerprint density at radius 1 is 1.25 bits per heavy atom. The van der Waals surface area contributed by atoms with E-state index in [2.05, 4.69) is 32.6 Å². The highest BCUT2D eigenvalue weighted by atomic mass is 32.2. The number of hydrogen-bond donors (Lipinski definition) is 3. The van der Waals surface area contributed by atoms with Gasteiger partial charge in [0.25, 0.3) is 5.91 Å². The molecule has 0 bridgehead atoms. The van der Waals surface area contributed by atoms with Crippen molar-refractivity contribution < 1.29 is 22.4 Å². The van der Waals surface area contributed by atoms with Gasteiger partial charge in [-0.05, 0) is 31.8 Å². The van der Waals surface area contributed by atoms with Crippen LogP contribution in [0.1, 0.15) is 47.6 Å². The molecular formula is C23H28FN7O4S. The summed E-state index contributed by atoms with van der Waals surface area (Å²) in [5.41, 5.74) is 0.914. The largest absolute Gasteiger partial charge is 0.363 e. The lowest BCUT2D eigenvalue weighted by molar-refractivity contribution is -0.127. The third kappa shape index (κ3) is 4.79. The maximum atomic E-state index is 15.3. The number of nitrogens with one attached hydrogen (secondary N) is 3. The SMILES string of the molecule is C=CC(=O)N1CCCC(Nc2nc(Nc3cnn(C4CCS(=O)(=O)CC4)c3)c3c(c2F)CNC3=O)C1. The smallest absolute Gasteiger partial charge is 0.255 e. The van der Waals surface area contributed by atoms with Gasteiger partial charge in [-0.15, -0.1) is 0 Å². The topological polar surface area (TPSA) is 138 Å². The number of pyridine rings is 1. The maximum Gasteiger partial charge on any atom is 0.255 e. The number of likely N-dealkylation sites (tertiary alicyclic amines) is 1. The Labute approximate surface area is 208 Å². The lowest BCUT2D eigenvalue weighted by Crippen LogP contribution is -2.44. The molecule has 3 N–H and O–H groups in total. The number of hydrogen-bond acceptors (Lipinski definition) is 8. The summed E-state index contributed by atoms with van der Waals surface area (Å²) in [5, 5.41) is 13.2. The molecule has 0 saturated carbocycles. The normalized spacial score (nSPS) is 21.5. The molecule has 36 heavy (non-hydrogen) atoms. The number of anilines is 3. The van der Waals surface area contributed by atoms with Crippen LogP contribution in [0.5, 0.6) is 0 Å². The zero-order valence-corrected chi connectivity index (χ0v) is 20.5. The van der Waals surface area contributed by atoms with Crippen LogP contribution in [0.4, 0.5) is 21.7 Å². The minimum atomic E-state index is -2.99. The van der Waals surface area contributed by atoms with Crippen molar-refractivity contribution in [3.8, 4) is 0 Å². The van der Waals surface area contributed by atoms with Crippen LogP contribution in [0.3, 0.4) is 0 Å². The summed E-state index contributed by atoms with van der Waals surface area (Å²) in [6.07, 6.45) is 7.04. The van der Waals surface area contributed by atoms with Crippen molar-refractivity contribution in [1.82, 2.24) is 25.0 Å². The van der Waals surface area contributed by atoms with Crippen molar-refractivity contribution in [3.63, 3.8) is 0 Å². The van der Waals surface area contributed by atoms with Crippen molar-refractivity contribution in [2.75, 3.05) is 35.2 Å². The van der Waals surface area contributed by atoms with Crippen LogP contribution in [0.2, 0.25) is 0 Å². The average Bonchev–Trinajstić information content (AvgIpc) is 3.48. The number of sulfone groups is 1. The summed E-state index contributed by atoms with van der Waals surface area (Å²) in [7, 11) is -2.99. The van der Waals surface area contributed by atoms with Crippen molar-refractivity contribution in [2.24, 2.45) is 0 Å². The van der Waals surface area contributed by atoms with Crippen LogP contribution in [0.25, 0.3) is 0 Å². The number of carbonyl (C=O) groups is 2. The first-order valence-corrected chi connectivity index (χ1v) is 13.8. The fourth-order valence-corrected chi connectivity index (χ4v) is 6.43. The van der Waals surface area contributed by atoms with Crippen LogP contribution in [0, 0.1) is 5.82 Å². The summed E-state index contributed by atoms with van der Waals surface area (Å²) >= 11 is 0. The molecule has 2 aromatic rings. The number of halogens is 1. The first-order chi connectivity index (χ1) is 17.2. The van der Waals surface area contributed by atoms with E-state index >= 15 is 4.39 Å². The molecule has 0 aliphatic carbocycles. The van der Waals surface area contributed by atoms with E-state index in [1.54, 1.807) is 22.0 Å². The molecule has 3 aliphatic rings. The summed E-state index contributed by atoms with van der Waals surface area (Å²) < 4.78 is 40.5. The Hall–Kier alpha value is -3.48. The number of amides is 2. The zero-order chi connectivity index (χ0) is 25.4. The van der Waals surface area contributed by atoms with Crippen LogP contribution >= 0.6 is 0 Å². The van der Waals surface area contributed by atoms with Crippen LogP contribution < -0.4 is 16.0 Å². The first-order valence-electron chi connectivity index (χ1n) is 11.9. The predicted octanol–water partition coefficient (Wildman–Crippen LogP) is 1.74. The van der Waals surface area contributed by atoms with Gasteiger partial charge in [0.2, 0.25) is 5.91 Å². The molecule has 5 heterocycles. The van der Waals surface area contributed by atoms with Crippen LogP contribution in [-0.2, 0) is 21.2 Å². The second kappa shape index (κ2) is 9.52. The van der Waals surface area contributed by atoms with Gasteiger partial charge in [-0.25, -0.2) is 17.8 Å². The van der Waals surface area contributed by atoms with E-state index in [1.165, 1.54) is 6.08 Å². The van der Waals surface area contributed by atoms with Crippen LogP contribution in [0.15, 0.2) is 25.0 Å². The van der Waals surface area contributed by atoms with E-state index in [1.807, 2.05) is 0 Å². The predicted molar refractivity (Wildman–Crippen MR) is 131 cm³/mol. The summed E-state index contributed by atoms with van der Waals surface area (Å²) in [6.45, 7) is 4.59. The van der Waals surface area contributed by atoms with E-state index in [4.69, 9.17) is 0 Å². The molecule has 0 aromatic carbocycles. The second-order valence-electron chi connectivity index (χ2n) is 9.35. The molecule has 2 saturated heterocycles. The van der Waals surface area contributed by atoms with Crippen molar-refractivity contribution >= 4 is 39.0 Å². The van der Waals surface area contributed by atoms with E-state index in [0.29, 0.717) is 31.6 Å². The minimum Gasteiger partial charge on any atom is -0.363 e. The standard InChI is InChI=1S/C23H28FN7O4S/c1-2-18(32)30-7-3-4-14(12-30)27-22-20(24)17-11-25-23(33)19(17)21(29-22)28-15-10-26-31(13-15)16-5-8-36(34,35)9-6-16/h2,10,13-14,16H,1,3-9,11-12H2,(H,25,33)(H2,27,28,29). The molecule has 11 nitrogen and oxygen atoms in total. The lowest BCUT2D eigenvalue weighted by atomic mass is 10.0. The Kier molecular flexibility index (Phi) is 6.41. The van der Waals surface area contributed by atoms with Crippen molar-refractivity contribution in [3.05, 3.63) is 42.0 Å². The minimum absolute atomic E-state index is 0.00975. The highest BCUT2D eigenvalue weighted by Crippen LogP contribution is 2.33. The molecule has 2 aromatic heterocycles. The number of carbonyl (C=O) groups excluding carboxylic acids is 2. The van der Waals surface area contributed by atoms with Gasteiger partial charge in [-0.1, -0.05) is 6.58 Å².